The summed E-state index contributed by atoms with van der Waals surface area (Å²) in [6.45, 7) is 6.09. The lowest BCUT2D eigenvalue weighted by Gasteiger charge is -2.22. The van der Waals surface area contributed by atoms with Crippen LogP contribution >= 0.6 is 0 Å². The molecule has 32 heavy (non-hydrogen) atoms. The van der Waals surface area contributed by atoms with Gasteiger partial charge in [-0.15, -0.1) is 5.10 Å². The van der Waals surface area contributed by atoms with Crippen molar-refractivity contribution in [1.82, 2.24) is 45.2 Å². The molecule has 0 amide bonds. The number of anilines is 1. The van der Waals surface area contributed by atoms with Crippen molar-refractivity contribution in [3.8, 4) is 22.6 Å². The molecule has 1 saturated heterocycles. The van der Waals surface area contributed by atoms with Crippen LogP contribution in [-0.2, 0) is 0 Å². The van der Waals surface area contributed by atoms with Gasteiger partial charge in [0.1, 0.15) is 35.0 Å². The molecule has 1 saturated carbocycles. The zero-order valence-electron chi connectivity index (χ0n) is 18.2. The molecule has 1 aliphatic carbocycles. The number of hydrogen-bond donors (Lipinski definition) is 2. The fraction of sp³-hybridized carbons (Fsp3) is 0.524. The smallest absolute Gasteiger partial charge is 0.164 e. The molecular weight excluding hydrogens is 408 g/mol. The maximum absolute atomic E-state index is 6.28. The van der Waals surface area contributed by atoms with E-state index >= 15 is 0 Å². The second kappa shape index (κ2) is 7.37. The molecule has 0 aromatic carbocycles. The molecule has 4 aromatic rings. The summed E-state index contributed by atoms with van der Waals surface area (Å²) in [5.74, 6) is 1.57. The van der Waals surface area contributed by atoms with Crippen LogP contribution in [0.25, 0.3) is 33.7 Å². The van der Waals surface area contributed by atoms with Crippen molar-refractivity contribution in [2.45, 2.75) is 57.5 Å². The number of nitrogens with one attached hydrogen (secondary N) is 1. The van der Waals surface area contributed by atoms with E-state index in [1.54, 1.807) is 0 Å². The van der Waals surface area contributed by atoms with Crippen molar-refractivity contribution in [3.63, 3.8) is 0 Å². The molecule has 4 aromatic heterocycles. The van der Waals surface area contributed by atoms with Gasteiger partial charge in [0, 0.05) is 12.0 Å². The first-order valence-electron chi connectivity index (χ1n) is 11.2. The van der Waals surface area contributed by atoms with Gasteiger partial charge < -0.3 is 15.6 Å². The zero-order valence-corrected chi connectivity index (χ0v) is 18.2. The van der Waals surface area contributed by atoms with Gasteiger partial charge in [0.05, 0.1) is 23.2 Å². The molecule has 166 valence electrons. The van der Waals surface area contributed by atoms with Crippen molar-refractivity contribution in [2.24, 2.45) is 0 Å². The molecule has 3 N–H and O–H groups in total. The van der Waals surface area contributed by atoms with Crippen LogP contribution < -0.4 is 11.1 Å². The molecule has 2 aliphatic rings. The Morgan fingerprint density at radius 3 is 2.69 bits per heavy atom. The SMILES string of the molecule is CC(C)n1nc(-c2noc(C3CC3)c2-c2cn(C3CCNCC3)nn2)c2c(N)ncnc21. The van der Waals surface area contributed by atoms with Gasteiger partial charge in [0.25, 0.3) is 0 Å². The fourth-order valence-corrected chi connectivity index (χ4v) is 4.50. The highest BCUT2D eigenvalue weighted by atomic mass is 16.5. The summed E-state index contributed by atoms with van der Waals surface area (Å²) in [6, 6.07) is 0.440. The number of hydrogen-bond acceptors (Lipinski definition) is 9. The zero-order chi connectivity index (χ0) is 21.8. The van der Waals surface area contributed by atoms with Crippen molar-refractivity contribution in [1.29, 1.82) is 0 Å². The molecule has 0 atom stereocenters. The van der Waals surface area contributed by atoms with E-state index in [0.717, 1.165) is 55.8 Å². The van der Waals surface area contributed by atoms with Gasteiger partial charge in [0.15, 0.2) is 5.65 Å². The quantitative estimate of drug-likeness (QED) is 0.485. The van der Waals surface area contributed by atoms with Gasteiger partial charge in [-0.1, -0.05) is 10.4 Å². The second-order valence-corrected chi connectivity index (χ2v) is 8.95. The highest BCUT2D eigenvalue weighted by Crippen LogP contribution is 2.48. The third-order valence-electron chi connectivity index (χ3n) is 6.35. The number of rotatable bonds is 5. The molecule has 6 rings (SSSR count). The molecule has 5 heterocycles. The fourth-order valence-electron chi connectivity index (χ4n) is 4.50. The molecule has 11 heteroatoms. The van der Waals surface area contributed by atoms with Crippen LogP contribution in [0.15, 0.2) is 17.0 Å². The highest BCUT2D eigenvalue weighted by Gasteiger charge is 2.36. The molecule has 2 fully saturated rings. The summed E-state index contributed by atoms with van der Waals surface area (Å²) >= 11 is 0. The molecule has 0 unspecified atom stereocenters. The first-order chi connectivity index (χ1) is 15.6. The summed E-state index contributed by atoms with van der Waals surface area (Å²) < 4.78 is 9.70. The Morgan fingerprint density at radius 2 is 1.94 bits per heavy atom. The van der Waals surface area contributed by atoms with Gasteiger partial charge >= 0.3 is 0 Å². The van der Waals surface area contributed by atoms with Crippen molar-refractivity contribution in [2.75, 3.05) is 18.8 Å². The van der Waals surface area contributed by atoms with Crippen LogP contribution in [0.4, 0.5) is 5.82 Å². The number of nitrogens with two attached hydrogens (primary N) is 1. The largest absolute Gasteiger partial charge is 0.383 e. The van der Waals surface area contributed by atoms with Crippen LogP contribution in [-0.4, -0.2) is 53.0 Å². The van der Waals surface area contributed by atoms with Crippen LogP contribution in [0.3, 0.4) is 0 Å². The molecule has 1 aliphatic heterocycles. The third kappa shape index (κ3) is 3.07. The number of piperidine rings is 1. The van der Waals surface area contributed by atoms with Crippen LogP contribution in [0.1, 0.15) is 63.3 Å². The number of aromatic nitrogens is 8. The van der Waals surface area contributed by atoms with E-state index in [4.69, 9.17) is 15.4 Å². The standard InChI is InChI=1S/C21H26N10O/c1-11(2)31-21-16(20(22)24-10-25-21)17(27-31)18-15(19(32-28-18)12-3-4-12)14-9-30(29-26-14)13-5-7-23-8-6-13/h9-13,23H,3-8H2,1-2H3,(H2,22,24,25). The Labute approximate surface area is 184 Å². The molecule has 0 spiro atoms. The lowest BCUT2D eigenvalue weighted by atomic mass is 10.0. The first kappa shape index (κ1) is 19.4. The van der Waals surface area contributed by atoms with E-state index in [9.17, 15) is 0 Å². The lowest BCUT2D eigenvalue weighted by molar-refractivity contribution is 0.337. The van der Waals surface area contributed by atoms with Gasteiger partial charge in [-0.2, -0.15) is 5.10 Å². The van der Waals surface area contributed by atoms with Crippen LogP contribution in [0.5, 0.6) is 0 Å². The Morgan fingerprint density at radius 1 is 1.12 bits per heavy atom. The van der Waals surface area contributed by atoms with E-state index in [1.807, 2.05) is 15.6 Å². The van der Waals surface area contributed by atoms with Crippen LogP contribution in [0.2, 0.25) is 0 Å². The van der Waals surface area contributed by atoms with E-state index < -0.39 is 0 Å². The summed E-state index contributed by atoms with van der Waals surface area (Å²) in [4.78, 5) is 8.65. The third-order valence-corrected chi connectivity index (χ3v) is 6.35. The summed E-state index contributed by atoms with van der Waals surface area (Å²) in [5, 5.41) is 22.4. The summed E-state index contributed by atoms with van der Waals surface area (Å²) in [7, 11) is 0. The minimum atomic E-state index is 0.0968. The van der Waals surface area contributed by atoms with E-state index in [0.29, 0.717) is 40.2 Å². The maximum atomic E-state index is 6.28. The maximum Gasteiger partial charge on any atom is 0.164 e. The Hall–Kier alpha value is -3.34. The molecule has 0 bridgehead atoms. The van der Waals surface area contributed by atoms with E-state index in [-0.39, 0.29) is 6.04 Å². The van der Waals surface area contributed by atoms with Gasteiger partial charge in [-0.25, -0.2) is 19.3 Å². The van der Waals surface area contributed by atoms with Crippen LogP contribution in [0, 0.1) is 0 Å². The normalized spacial score (nSPS) is 17.6. The van der Waals surface area contributed by atoms with Gasteiger partial charge in [0.2, 0.25) is 0 Å². The average Bonchev–Trinajstić information content (AvgIpc) is 3.22. The summed E-state index contributed by atoms with van der Waals surface area (Å²) in [5.41, 5.74) is 9.81. The number of nitrogen functional groups attached to an aromatic ring is 1. The Balaban J connectivity index is 1.52. The van der Waals surface area contributed by atoms with Crippen molar-refractivity contribution < 1.29 is 4.52 Å². The monoisotopic (exact) mass is 434 g/mol. The topological polar surface area (TPSA) is 138 Å². The molecular formula is C21H26N10O. The molecule has 0 radical (unpaired) electrons. The lowest BCUT2D eigenvalue weighted by Crippen LogP contribution is -2.29. The van der Waals surface area contributed by atoms with E-state index in [1.165, 1.54) is 6.33 Å². The number of fused-ring (bicyclic) bond motifs is 1. The Bertz CT molecular complexity index is 1280. The average molecular weight is 435 g/mol. The molecule has 11 nitrogen and oxygen atoms in total. The first-order valence-corrected chi connectivity index (χ1v) is 11.2. The predicted molar refractivity (Wildman–Crippen MR) is 118 cm³/mol. The van der Waals surface area contributed by atoms with Gasteiger partial charge in [-0.3, -0.25) is 0 Å². The predicted octanol–water partition coefficient (Wildman–Crippen LogP) is 2.70. The minimum absolute atomic E-state index is 0.0968. The van der Waals surface area contributed by atoms with Crippen molar-refractivity contribution >= 4 is 16.9 Å². The van der Waals surface area contributed by atoms with E-state index in [2.05, 4.69) is 44.6 Å². The highest BCUT2D eigenvalue weighted by molar-refractivity contribution is 6.00. The number of nitrogens with zero attached hydrogens (tertiary/aromatic N) is 8. The minimum Gasteiger partial charge on any atom is -0.383 e. The van der Waals surface area contributed by atoms with Gasteiger partial charge in [-0.05, 0) is 52.6 Å². The Kier molecular flexibility index (Phi) is 4.46. The van der Waals surface area contributed by atoms with Crippen molar-refractivity contribution in [3.05, 3.63) is 18.3 Å². The summed E-state index contributed by atoms with van der Waals surface area (Å²) in [6.07, 6.45) is 7.70. The second-order valence-electron chi connectivity index (χ2n) is 8.95.